The van der Waals surface area contributed by atoms with Crippen molar-refractivity contribution in [3.8, 4) is 6.07 Å². The number of rotatable bonds is 2. The monoisotopic (exact) mass is 109 g/mol. The molecule has 0 aliphatic carbocycles. The molecule has 0 fully saturated rings. The Balaban J connectivity index is 3.91. The van der Waals surface area contributed by atoms with Crippen LogP contribution < -0.4 is 0 Å². The first kappa shape index (κ1) is 6.93. The highest BCUT2D eigenvalue weighted by molar-refractivity contribution is 5.24. The molecule has 0 heterocycles. The van der Waals surface area contributed by atoms with Crippen molar-refractivity contribution in [2.24, 2.45) is 0 Å². The molecular weight excluding hydrogens is 102 g/mol. The number of hydrogen-bond acceptors (Lipinski definition) is 2. The average Bonchev–Trinajstić information content (AvgIpc) is 1.83. The van der Waals surface area contributed by atoms with Crippen LogP contribution >= 0.6 is 0 Å². The summed E-state index contributed by atoms with van der Waals surface area (Å²) in [6.07, 6.45) is 2.94. The highest BCUT2D eigenvalue weighted by Gasteiger charge is 1.84. The maximum absolute atomic E-state index is 8.32. The topological polar surface area (TPSA) is 44.0 Å². The summed E-state index contributed by atoms with van der Waals surface area (Å²) in [6.45, 7) is 3.15. The van der Waals surface area contributed by atoms with Crippen LogP contribution in [0.15, 0.2) is 24.3 Å². The molecule has 0 aliphatic rings. The minimum absolute atomic E-state index is 0.206. The third-order valence-electron chi connectivity index (χ3n) is 0.633. The number of nitriles is 1. The van der Waals surface area contributed by atoms with Crippen molar-refractivity contribution in [3.63, 3.8) is 0 Å². The standard InChI is InChI=1S/C6H7NO/c1-2-3-6(4-7)5-8/h2-3,8H,1,5H2. The van der Waals surface area contributed by atoms with E-state index in [4.69, 9.17) is 10.4 Å². The molecule has 0 bridgehead atoms. The molecule has 0 radical (unpaired) electrons. The molecule has 0 saturated carbocycles. The summed E-state index contributed by atoms with van der Waals surface area (Å²) < 4.78 is 0. The van der Waals surface area contributed by atoms with Gasteiger partial charge in [0.15, 0.2) is 0 Å². The third kappa shape index (κ3) is 2.17. The molecule has 0 amide bonds. The Hall–Kier alpha value is -1.07. The third-order valence-corrected chi connectivity index (χ3v) is 0.633. The lowest BCUT2D eigenvalue weighted by Crippen LogP contribution is -1.83. The smallest absolute Gasteiger partial charge is 0.0971 e. The van der Waals surface area contributed by atoms with Crippen molar-refractivity contribution in [2.45, 2.75) is 0 Å². The van der Waals surface area contributed by atoms with Crippen LogP contribution in [0.1, 0.15) is 0 Å². The van der Waals surface area contributed by atoms with Crippen LogP contribution in [0, 0.1) is 11.3 Å². The number of allylic oxidation sites excluding steroid dienone is 2. The number of hydrogen-bond donors (Lipinski definition) is 1. The molecule has 0 aliphatic heterocycles. The zero-order valence-corrected chi connectivity index (χ0v) is 4.46. The molecule has 2 nitrogen and oxygen atoms in total. The van der Waals surface area contributed by atoms with Gasteiger partial charge in [0.05, 0.1) is 18.2 Å². The molecule has 0 saturated heterocycles. The largest absolute Gasteiger partial charge is 0.391 e. The van der Waals surface area contributed by atoms with E-state index in [-0.39, 0.29) is 6.61 Å². The lowest BCUT2D eigenvalue weighted by atomic mass is 10.3. The molecule has 8 heavy (non-hydrogen) atoms. The van der Waals surface area contributed by atoms with Crippen molar-refractivity contribution in [3.05, 3.63) is 24.3 Å². The Labute approximate surface area is 48.4 Å². The van der Waals surface area contributed by atoms with Crippen LogP contribution in [0.5, 0.6) is 0 Å². The summed E-state index contributed by atoms with van der Waals surface area (Å²) in [4.78, 5) is 0. The zero-order valence-electron chi connectivity index (χ0n) is 4.46. The fourth-order valence-corrected chi connectivity index (χ4v) is 0.268. The minimum atomic E-state index is -0.206. The number of aliphatic hydroxyl groups is 1. The molecule has 0 aromatic heterocycles. The molecule has 0 unspecified atom stereocenters. The van der Waals surface area contributed by atoms with Gasteiger partial charge in [-0.05, 0) is 6.08 Å². The minimum Gasteiger partial charge on any atom is -0.391 e. The van der Waals surface area contributed by atoms with Crippen molar-refractivity contribution >= 4 is 0 Å². The summed E-state index contributed by atoms with van der Waals surface area (Å²) in [5.41, 5.74) is 0.333. The molecule has 0 atom stereocenters. The predicted octanol–water partition coefficient (Wildman–Crippen LogP) is 0.615. The van der Waals surface area contributed by atoms with Gasteiger partial charge in [-0.1, -0.05) is 12.7 Å². The van der Waals surface area contributed by atoms with Gasteiger partial charge < -0.3 is 5.11 Å². The Morgan fingerprint density at radius 1 is 1.88 bits per heavy atom. The van der Waals surface area contributed by atoms with E-state index in [1.807, 2.05) is 0 Å². The highest BCUT2D eigenvalue weighted by atomic mass is 16.3. The van der Waals surface area contributed by atoms with Crippen LogP contribution in [0.2, 0.25) is 0 Å². The summed E-state index contributed by atoms with van der Waals surface area (Å²) >= 11 is 0. The van der Waals surface area contributed by atoms with E-state index in [1.54, 1.807) is 6.07 Å². The van der Waals surface area contributed by atoms with E-state index in [9.17, 15) is 0 Å². The van der Waals surface area contributed by atoms with E-state index in [1.165, 1.54) is 12.2 Å². The highest BCUT2D eigenvalue weighted by Crippen LogP contribution is 1.87. The van der Waals surface area contributed by atoms with E-state index in [0.717, 1.165) is 0 Å². The Morgan fingerprint density at radius 3 is 2.62 bits per heavy atom. The quantitative estimate of drug-likeness (QED) is 0.417. The molecule has 1 N–H and O–H groups in total. The summed E-state index contributed by atoms with van der Waals surface area (Å²) in [5, 5.41) is 16.4. The molecule has 42 valence electrons. The average molecular weight is 109 g/mol. The molecule has 0 aromatic carbocycles. The van der Waals surface area contributed by atoms with Gasteiger partial charge in [-0.15, -0.1) is 0 Å². The van der Waals surface area contributed by atoms with Gasteiger partial charge in [-0.25, -0.2) is 0 Å². The van der Waals surface area contributed by atoms with Crippen LogP contribution in [0.4, 0.5) is 0 Å². The van der Waals surface area contributed by atoms with Crippen LogP contribution in [-0.4, -0.2) is 11.7 Å². The van der Waals surface area contributed by atoms with Gasteiger partial charge in [-0.2, -0.15) is 5.26 Å². The first-order chi connectivity index (χ1) is 3.85. The van der Waals surface area contributed by atoms with E-state index in [0.29, 0.717) is 5.57 Å². The maximum Gasteiger partial charge on any atom is 0.0971 e. The van der Waals surface area contributed by atoms with Gasteiger partial charge in [0.25, 0.3) is 0 Å². The van der Waals surface area contributed by atoms with E-state index >= 15 is 0 Å². The first-order valence-electron chi connectivity index (χ1n) is 2.17. The normalized spacial score (nSPS) is 10.2. The number of nitrogens with zero attached hydrogens (tertiary/aromatic N) is 1. The Bertz CT molecular complexity index is 141. The molecular formula is C6H7NO. The molecule has 2 heteroatoms. The van der Waals surface area contributed by atoms with Gasteiger partial charge in [0.2, 0.25) is 0 Å². The second kappa shape index (κ2) is 4.10. The zero-order chi connectivity index (χ0) is 6.41. The number of aliphatic hydroxyl groups excluding tert-OH is 1. The van der Waals surface area contributed by atoms with Crippen LogP contribution in [-0.2, 0) is 0 Å². The maximum atomic E-state index is 8.32. The Morgan fingerprint density at radius 2 is 2.50 bits per heavy atom. The molecule has 0 aromatic rings. The van der Waals surface area contributed by atoms with Gasteiger partial charge in [0, 0.05) is 0 Å². The van der Waals surface area contributed by atoms with E-state index < -0.39 is 0 Å². The second-order valence-electron chi connectivity index (χ2n) is 1.20. The molecule has 0 spiro atoms. The summed E-state index contributed by atoms with van der Waals surface area (Å²) in [5.74, 6) is 0. The van der Waals surface area contributed by atoms with Crippen molar-refractivity contribution in [1.82, 2.24) is 0 Å². The van der Waals surface area contributed by atoms with Crippen LogP contribution in [0.3, 0.4) is 0 Å². The Kier molecular flexibility index (Phi) is 3.55. The predicted molar refractivity (Wildman–Crippen MR) is 31.0 cm³/mol. The van der Waals surface area contributed by atoms with Crippen molar-refractivity contribution < 1.29 is 5.11 Å². The van der Waals surface area contributed by atoms with Crippen LogP contribution in [0.25, 0.3) is 0 Å². The van der Waals surface area contributed by atoms with E-state index in [2.05, 4.69) is 6.58 Å². The fraction of sp³-hybridized carbons (Fsp3) is 0.167. The first-order valence-corrected chi connectivity index (χ1v) is 2.17. The van der Waals surface area contributed by atoms with Gasteiger partial charge in [0.1, 0.15) is 0 Å². The fourth-order valence-electron chi connectivity index (χ4n) is 0.268. The molecule has 0 rings (SSSR count). The summed E-state index contributed by atoms with van der Waals surface area (Å²) in [6, 6.07) is 1.79. The second-order valence-corrected chi connectivity index (χ2v) is 1.20. The van der Waals surface area contributed by atoms with Crippen molar-refractivity contribution in [1.29, 1.82) is 5.26 Å². The lowest BCUT2D eigenvalue weighted by molar-refractivity contribution is 0.336. The van der Waals surface area contributed by atoms with Gasteiger partial charge >= 0.3 is 0 Å². The SMILES string of the molecule is C=CC=C(C#N)CO. The van der Waals surface area contributed by atoms with Crippen molar-refractivity contribution in [2.75, 3.05) is 6.61 Å². The summed E-state index contributed by atoms with van der Waals surface area (Å²) in [7, 11) is 0. The van der Waals surface area contributed by atoms with Gasteiger partial charge in [-0.3, -0.25) is 0 Å². The lowest BCUT2D eigenvalue weighted by Gasteiger charge is -1.82.